The molecule has 2 rings (SSSR count). The number of aldehydes is 1. The molecule has 1 unspecified atom stereocenters. The van der Waals surface area contributed by atoms with E-state index in [2.05, 4.69) is 80.5 Å². The summed E-state index contributed by atoms with van der Waals surface area (Å²) in [6.45, 7) is 15.9. The highest BCUT2D eigenvalue weighted by molar-refractivity contribution is 14.1. The molecule has 0 aromatic carbocycles. The molecule has 0 radical (unpaired) electrons. The minimum absolute atomic E-state index is 0.0334. The zero-order valence-electron chi connectivity index (χ0n) is 17.9. The first kappa shape index (κ1) is 23.5. The van der Waals surface area contributed by atoms with Crippen LogP contribution in [0.4, 0.5) is 0 Å². The Bertz CT molecular complexity index is 529. The van der Waals surface area contributed by atoms with Crippen LogP contribution in [0.5, 0.6) is 0 Å². The summed E-state index contributed by atoms with van der Waals surface area (Å²) in [7, 11) is -1.91. The minimum Gasteiger partial charge on any atom is -0.408 e. The molecule has 0 bridgehead atoms. The first-order valence-electron chi connectivity index (χ1n) is 10.2. The lowest BCUT2D eigenvalue weighted by atomic mass is 9.77. The molecular weight excluding hydrogens is 471 g/mol. The lowest BCUT2D eigenvalue weighted by Crippen LogP contribution is -2.58. The third-order valence-electron chi connectivity index (χ3n) is 6.87. The molecule has 0 aliphatic carbocycles. The SMILES string of the molecule is C[C@@H]1[C@H](C)[C@H]([C@H](/C=C/I)O[Si](C)(C)C(C)(C)C)O[C@H]2CCC(CC=O)O[C@H]12. The largest absolute Gasteiger partial charge is 0.408 e. The Labute approximate surface area is 180 Å². The predicted octanol–water partition coefficient (Wildman–Crippen LogP) is 5.50. The quantitative estimate of drug-likeness (QED) is 0.270. The predicted molar refractivity (Wildman–Crippen MR) is 121 cm³/mol. The van der Waals surface area contributed by atoms with E-state index >= 15 is 0 Å². The van der Waals surface area contributed by atoms with Crippen LogP contribution in [-0.2, 0) is 18.7 Å². The molecule has 0 aromatic rings. The maximum Gasteiger partial charge on any atom is 0.193 e. The van der Waals surface area contributed by atoms with Gasteiger partial charge in [0, 0.05) is 6.42 Å². The van der Waals surface area contributed by atoms with Crippen molar-refractivity contribution in [3.63, 3.8) is 0 Å². The van der Waals surface area contributed by atoms with E-state index in [1.165, 1.54) is 0 Å². The zero-order valence-corrected chi connectivity index (χ0v) is 21.1. The van der Waals surface area contributed by atoms with Gasteiger partial charge >= 0.3 is 0 Å². The fraction of sp³-hybridized carbons (Fsp3) is 0.857. The van der Waals surface area contributed by atoms with Crippen molar-refractivity contribution in [1.82, 2.24) is 0 Å². The van der Waals surface area contributed by atoms with Gasteiger partial charge in [0.25, 0.3) is 0 Å². The van der Waals surface area contributed by atoms with Crippen molar-refractivity contribution < 1.29 is 18.7 Å². The lowest BCUT2D eigenvalue weighted by Gasteiger charge is -2.51. The molecule has 156 valence electrons. The van der Waals surface area contributed by atoms with Crippen molar-refractivity contribution in [3.8, 4) is 0 Å². The second kappa shape index (κ2) is 9.37. The Morgan fingerprint density at radius 1 is 1.19 bits per heavy atom. The van der Waals surface area contributed by atoms with Crippen LogP contribution in [0.1, 0.15) is 53.9 Å². The zero-order chi connectivity index (χ0) is 20.4. The monoisotopic (exact) mass is 508 g/mol. The van der Waals surface area contributed by atoms with Gasteiger partial charge < -0.3 is 18.7 Å². The highest BCUT2D eigenvalue weighted by atomic mass is 127. The van der Waals surface area contributed by atoms with Crippen LogP contribution in [0.25, 0.3) is 0 Å². The third kappa shape index (κ3) is 5.44. The van der Waals surface area contributed by atoms with E-state index in [1.54, 1.807) is 0 Å². The average molecular weight is 509 g/mol. The van der Waals surface area contributed by atoms with Crippen molar-refractivity contribution in [1.29, 1.82) is 0 Å². The Morgan fingerprint density at radius 3 is 2.41 bits per heavy atom. The van der Waals surface area contributed by atoms with E-state index in [9.17, 15) is 4.79 Å². The van der Waals surface area contributed by atoms with Crippen LogP contribution < -0.4 is 0 Å². The van der Waals surface area contributed by atoms with E-state index in [1.807, 2.05) is 0 Å². The molecule has 0 spiro atoms. The highest BCUT2D eigenvalue weighted by Gasteiger charge is 2.49. The molecular formula is C21H37IO4Si. The molecule has 0 aromatic heterocycles. The van der Waals surface area contributed by atoms with Crippen LogP contribution in [0.3, 0.4) is 0 Å². The molecule has 2 aliphatic heterocycles. The number of carbonyl (C=O) groups is 1. The summed E-state index contributed by atoms with van der Waals surface area (Å²) in [5, 5.41) is 0.159. The molecule has 27 heavy (non-hydrogen) atoms. The summed E-state index contributed by atoms with van der Waals surface area (Å²) >= 11 is 2.27. The van der Waals surface area contributed by atoms with Crippen molar-refractivity contribution in [3.05, 3.63) is 10.2 Å². The average Bonchev–Trinajstić information content (AvgIpc) is 2.57. The molecule has 7 atom stereocenters. The number of hydrogen-bond donors (Lipinski definition) is 0. The third-order valence-corrected chi connectivity index (χ3v) is 11.8. The number of halogens is 1. The highest BCUT2D eigenvalue weighted by Crippen LogP contribution is 2.43. The standard InChI is InChI=1S/C21H37IO4Si/c1-14-15(2)20(18(10-12-22)26-27(6,7)21(3,4)5)25-17-9-8-16(11-13-23)24-19(14)17/h10,12-20H,8-9,11H2,1-7H3/b12-10+/t14-,15+,16?,17+,18+,19-,20-/m1/s1. The van der Waals surface area contributed by atoms with E-state index in [4.69, 9.17) is 13.9 Å². The van der Waals surface area contributed by atoms with Crippen LogP contribution in [0, 0.1) is 11.8 Å². The topological polar surface area (TPSA) is 44.8 Å². The summed E-state index contributed by atoms with van der Waals surface area (Å²) < 4.78 is 21.7. The van der Waals surface area contributed by atoms with Crippen molar-refractivity contribution in [2.75, 3.05) is 0 Å². The van der Waals surface area contributed by atoms with Gasteiger partial charge in [0.2, 0.25) is 0 Å². The van der Waals surface area contributed by atoms with Crippen LogP contribution in [0.15, 0.2) is 10.2 Å². The van der Waals surface area contributed by atoms with Gasteiger partial charge in [-0.15, -0.1) is 0 Å². The summed E-state index contributed by atoms with van der Waals surface area (Å²) in [6.07, 6.45) is 5.69. The van der Waals surface area contributed by atoms with Gasteiger partial charge in [-0.3, -0.25) is 0 Å². The first-order chi connectivity index (χ1) is 12.5. The second-order valence-electron chi connectivity index (χ2n) is 9.72. The van der Waals surface area contributed by atoms with Crippen molar-refractivity contribution >= 4 is 37.2 Å². The molecule has 2 heterocycles. The van der Waals surface area contributed by atoms with Gasteiger partial charge in [-0.05, 0) is 53.0 Å². The number of rotatable bonds is 6. The second-order valence-corrected chi connectivity index (χ2v) is 15.2. The van der Waals surface area contributed by atoms with Crippen LogP contribution >= 0.6 is 22.6 Å². The van der Waals surface area contributed by atoms with Crippen molar-refractivity contribution in [2.24, 2.45) is 11.8 Å². The minimum atomic E-state index is -1.91. The van der Waals surface area contributed by atoms with Crippen LogP contribution in [-0.4, -0.2) is 45.1 Å². The van der Waals surface area contributed by atoms with E-state index in [0.717, 1.165) is 19.1 Å². The maximum atomic E-state index is 10.9. The molecule has 0 saturated carbocycles. The summed E-state index contributed by atoms with van der Waals surface area (Å²) in [5.74, 6) is 0.694. The number of hydrogen-bond acceptors (Lipinski definition) is 4. The fourth-order valence-corrected chi connectivity index (χ4v) is 5.54. The van der Waals surface area contributed by atoms with Gasteiger partial charge in [-0.25, -0.2) is 0 Å². The molecule has 2 fully saturated rings. The first-order valence-corrected chi connectivity index (χ1v) is 14.4. The normalized spacial score (nSPS) is 36.4. The molecule has 2 aliphatic rings. The van der Waals surface area contributed by atoms with Gasteiger partial charge in [0.05, 0.1) is 30.5 Å². The molecule has 6 heteroatoms. The Hall–Kier alpha value is 0.237. The van der Waals surface area contributed by atoms with Crippen molar-refractivity contribution in [2.45, 2.75) is 103 Å². The lowest BCUT2D eigenvalue weighted by molar-refractivity contribution is -0.237. The van der Waals surface area contributed by atoms with Gasteiger partial charge in [0.15, 0.2) is 8.32 Å². The number of carbonyl (C=O) groups excluding carboxylic acids is 1. The molecule has 2 saturated heterocycles. The Kier molecular flexibility index (Phi) is 8.16. The molecule has 4 nitrogen and oxygen atoms in total. The van der Waals surface area contributed by atoms with E-state index in [0.29, 0.717) is 18.3 Å². The summed E-state index contributed by atoms with van der Waals surface area (Å²) in [6, 6.07) is 0. The summed E-state index contributed by atoms with van der Waals surface area (Å²) in [4.78, 5) is 10.9. The molecule has 0 N–H and O–H groups in total. The van der Waals surface area contributed by atoms with Crippen LogP contribution in [0.2, 0.25) is 18.1 Å². The van der Waals surface area contributed by atoms with Gasteiger partial charge in [0.1, 0.15) is 6.29 Å². The summed E-state index contributed by atoms with van der Waals surface area (Å²) in [5.41, 5.74) is 0. The Balaban J connectivity index is 2.18. The molecule has 0 amide bonds. The van der Waals surface area contributed by atoms with E-state index in [-0.39, 0.29) is 35.6 Å². The van der Waals surface area contributed by atoms with E-state index < -0.39 is 8.32 Å². The fourth-order valence-electron chi connectivity index (χ4n) is 3.89. The maximum absolute atomic E-state index is 10.9. The Morgan fingerprint density at radius 2 is 1.85 bits per heavy atom. The number of fused-ring (bicyclic) bond motifs is 1. The number of ether oxygens (including phenoxy) is 2. The van der Waals surface area contributed by atoms with Gasteiger partial charge in [-0.2, -0.15) is 0 Å². The van der Waals surface area contributed by atoms with Gasteiger partial charge in [-0.1, -0.05) is 57.2 Å². The smallest absolute Gasteiger partial charge is 0.193 e.